The maximum absolute atomic E-state index is 2.35. The predicted octanol–water partition coefficient (Wildman–Crippen LogP) is 32.0. The normalized spacial score (nSPS) is 7.53. The van der Waals surface area contributed by atoms with Crippen LogP contribution in [-0.2, 0) is 0 Å². The maximum atomic E-state index is 2.35. The number of nitrogens with zero attached hydrogens (tertiary/aromatic N) is 1. The van der Waals surface area contributed by atoms with Crippen LogP contribution in [0.5, 0.6) is 0 Å². The van der Waals surface area contributed by atoms with Gasteiger partial charge in [-0.25, -0.2) is 0 Å². The van der Waals surface area contributed by atoms with Gasteiger partial charge in [0.2, 0.25) is 0 Å². The van der Waals surface area contributed by atoms with E-state index in [0.29, 0.717) is 0 Å². The minimum atomic E-state index is 1.12. The first-order valence-electron chi connectivity index (χ1n) is 34.8. The molecule has 0 spiro atoms. The van der Waals surface area contributed by atoms with E-state index in [2.05, 4.69) is 217 Å². The van der Waals surface area contributed by atoms with Gasteiger partial charge in [0, 0.05) is 16.9 Å². The second kappa shape index (κ2) is 91.3. The molecular weight excluding hydrogens is 1020 g/mol. The molecule has 0 radical (unpaired) electrons. The molecule has 484 valence electrons. The summed E-state index contributed by atoms with van der Waals surface area (Å²) in [6.07, 6.45) is 0. The molecule has 0 aromatic heterocycles. The van der Waals surface area contributed by atoms with Crippen molar-refractivity contribution in [3.8, 4) is 55.6 Å². The molecule has 0 saturated heterocycles. The summed E-state index contributed by atoms with van der Waals surface area (Å²) in [5.41, 5.74) is 15.3. The summed E-state index contributed by atoms with van der Waals surface area (Å²) >= 11 is 0. The highest BCUT2D eigenvalue weighted by Gasteiger charge is 2.18. The van der Waals surface area contributed by atoms with Crippen molar-refractivity contribution in [1.82, 2.24) is 0 Å². The number of hydrogen-bond donors (Lipinski definition) is 0. The van der Waals surface area contributed by atoms with E-state index < -0.39 is 0 Å². The van der Waals surface area contributed by atoms with Crippen LogP contribution < -0.4 is 4.90 Å². The van der Waals surface area contributed by atoms with Gasteiger partial charge in [0.1, 0.15) is 0 Å². The number of hydrogen-bond acceptors (Lipinski definition) is 1. The molecule has 0 heterocycles. The fraction of sp³-hybridized carbons (Fsp3) is 0.429. The van der Waals surface area contributed by atoms with Crippen LogP contribution in [0.3, 0.4) is 0 Å². The Labute approximate surface area is 536 Å². The summed E-state index contributed by atoms with van der Waals surface area (Å²) in [6, 6.07) is 76.0. The molecule has 1 nitrogen and oxygen atoms in total. The molecule has 0 aliphatic rings. The second-order valence-corrected chi connectivity index (χ2v) is 12.2. The lowest BCUT2D eigenvalue weighted by molar-refractivity contribution is 1.28. The standard InChI is InChI=1S/C48H35N.18C2H6/c1-6-17-36(18-7-1)42-32-43(37-19-8-2-9-20-37)34-44(33-42)40-24-16-23-39(31-40)41-29-30-48(47(35-41)38-21-10-3-11-22-38)49(45-25-12-4-13-26-45)46-27-14-5-15-28-46;18*1-2/h1-35H;18*1-2H3. The molecule has 0 N–H and O–H groups in total. The van der Waals surface area contributed by atoms with Crippen LogP contribution in [0.1, 0.15) is 249 Å². The Morgan fingerprint density at radius 1 is 0.153 bits per heavy atom. The zero-order valence-corrected chi connectivity index (χ0v) is 63.2. The van der Waals surface area contributed by atoms with Crippen molar-refractivity contribution < 1.29 is 0 Å². The summed E-state index contributed by atoms with van der Waals surface area (Å²) in [7, 11) is 0. The first-order chi connectivity index (χ1) is 42.3. The molecule has 0 unspecified atom stereocenters. The summed E-state index contributed by atoms with van der Waals surface area (Å²) in [5, 5.41) is 0. The van der Waals surface area contributed by atoms with Gasteiger partial charge in [-0.3, -0.25) is 0 Å². The van der Waals surface area contributed by atoms with Gasteiger partial charge in [-0.2, -0.15) is 0 Å². The molecule has 0 aliphatic carbocycles. The smallest absolute Gasteiger partial charge is 0.0540 e. The van der Waals surface area contributed by atoms with E-state index in [1.165, 1.54) is 55.6 Å². The van der Waals surface area contributed by atoms with Crippen molar-refractivity contribution in [1.29, 1.82) is 0 Å². The minimum absolute atomic E-state index is 1.12. The predicted molar refractivity (Wildman–Crippen MR) is 413 cm³/mol. The quantitative estimate of drug-likeness (QED) is 0.147. The molecule has 8 aromatic carbocycles. The molecule has 8 aromatic rings. The van der Waals surface area contributed by atoms with E-state index in [4.69, 9.17) is 0 Å². The Morgan fingerprint density at radius 3 is 0.635 bits per heavy atom. The lowest BCUT2D eigenvalue weighted by Crippen LogP contribution is -2.11. The highest BCUT2D eigenvalue weighted by Crippen LogP contribution is 2.43. The van der Waals surface area contributed by atoms with Crippen LogP contribution in [0.2, 0.25) is 0 Å². The Hall–Kier alpha value is -6.44. The van der Waals surface area contributed by atoms with Gasteiger partial charge in [0.15, 0.2) is 0 Å². The Kier molecular flexibility index (Phi) is 111. The third kappa shape index (κ3) is 43.8. The average Bonchev–Trinajstić information content (AvgIpc) is 3.72. The Balaban J connectivity index is -0.000000146. The first kappa shape index (κ1) is 104. The Bertz CT molecular complexity index is 2200. The summed E-state index contributed by atoms with van der Waals surface area (Å²) < 4.78 is 0. The lowest BCUT2D eigenvalue weighted by atomic mass is 9.91. The fourth-order valence-corrected chi connectivity index (χ4v) is 6.61. The van der Waals surface area contributed by atoms with Crippen LogP contribution >= 0.6 is 0 Å². The zero-order valence-electron chi connectivity index (χ0n) is 63.2. The molecular formula is C84H143N. The second-order valence-electron chi connectivity index (χ2n) is 12.2. The van der Waals surface area contributed by atoms with Gasteiger partial charge in [0.25, 0.3) is 0 Å². The summed E-state index contributed by atoms with van der Waals surface area (Å²) in [6.45, 7) is 72.0. The number of rotatable bonds is 8. The van der Waals surface area contributed by atoms with Gasteiger partial charge in [-0.05, 0) is 111 Å². The largest absolute Gasteiger partial charge is 0.310 e. The maximum Gasteiger partial charge on any atom is 0.0540 e. The van der Waals surface area contributed by atoms with Crippen LogP contribution in [-0.4, -0.2) is 0 Å². The van der Waals surface area contributed by atoms with Crippen LogP contribution in [0.4, 0.5) is 17.1 Å². The molecule has 0 fully saturated rings. The monoisotopic (exact) mass is 1170 g/mol. The highest BCUT2D eigenvalue weighted by atomic mass is 15.1. The number of para-hydroxylation sites is 2. The number of anilines is 3. The van der Waals surface area contributed by atoms with Gasteiger partial charge in [-0.1, -0.05) is 401 Å². The molecule has 8 rings (SSSR count). The van der Waals surface area contributed by atoms with E-state index in [1.807, 2.05) is 249 Å². The summed E-state index contributed by atoms with van der Waals surface area (Å²) in [4.78, 5) is 2.35. The minimum Gasteiger partial charge on any atom is -0.310 e. The average molecular weight is 1170 g/mol. The molecule has 0 atom stereocenters. The molecule has 85 heavy (non-hydrogen) atoms. The van der Waals surface area contributed by atoms with E-state index in [1.54, 1.807) is 0 Å². The van der Waals surface area contributed by atoms with Gasteiger partial charge in [-0.15, -0.1) is 0 Å². The van der Waals surface area contributed by atoms with Gasteiger partial charge >= 0.3 is 0 Å². The highest BCUT2D eigenvalue weighted by molar-refractivity contribution is 5.91. The summed E-state index contributed by atoms with van der Waals surface area (Å²) in [5.74, 6) is 0. The molecule has 0 aliphatic heterocycles. The van der Waals surface area contributed by atoms with Crippen molar-refractivity contribution in [2.24, 2.45) is 0 Å². The van der Waals surface area contributed by atoms with Gasteiger partial charge in [0.05, 0.1) is 5.69 Å². The van der Waals surface area contributed by atoms with Crippen molar-refractivity contribution in [2.75, 3.05) is 4.90 Å². The third-order valence-electron chi connectivity index (χ3n) is 9.03. The SMILES string of the molecule is CC.CC.CC.CC.CC.CC.CC.CC.CC.CC.CC.CC.CC.CC.CC.CC.CC.CC.c1ccc(-c2cc(-c3ccccc3)cc(-c3cccc(-c4ccc(N(c5ccccc5)c5ccccc5)c(-c5ccccc5)c4)c3)c2)cc1. The Morgan fingerprint density at radius 2 is 0.353 bits per heavy atom. The van der Waals surface area contributed by atoms with E-state index in [9.17, 15) is 0 Å². The van der Waals surface area contributed by atoms with Crippen LogP contribution in [0.25, 0.3) is 55.6 Å². The zero-order chi connectivity index (χ0) is 68.8. The molecule has 1 heteroatoms. The van der Waals surface area contributed by atoms with E-state index in [-0.39, 0.29) is 0 Å². The molecule has 0 bridgehead atoms. The van der Waals surface area contributed by atoms with Crippen molar-refractivity contribution in [2.45, 2.75) is 249 Å². The van der Waals surface area contributed by atoms with Crippen LogP contribution in [0, 0.1) is 0 Å². The number of benzene rings is 8. The van der Waals surface area contributed by atoms with Crippen LogP contribution in [0.15, 0.2) is 212 Å². The third-order valence-corrected chi connectivity index (χ3v) is 9.03. The van der Waals surface area contributed by atoms with E-state index in [0.717, 1.165) is 17.1 Å². The molecule has 0 saturated carbocycles. The van der Waals surface area contributed by atoms with Crippen molar-refractivity contribution in [3.63, 3.8) is 0 Å². The molecule has 0 amide bonds. The van der Waals surface area contributed by atoms with E-state index >= 15 is 0 Å². The van der Waals surface area contributed by atoms with Crippen molar-refractivity contribution >= 4 is 17.1 Å². The van der Waals surface area contributed by atoms with Crippen molar-refractivity contribution in [3.05, 3.63) is 212 Å². The first-order valence-corrected chi connectivity index (χ1v) is 34.8. The lowest BCUT2D eigenvalue weighted by Gasteiger charge is -2.28. The topological polar surface area (TPSA) is 3.24 Å². The fourth-order valence-electron chi connectivity index (χ4n) is 6.61. The van der Waals surface area contributed by atoms with Gasteiger partial charge < -0.3 is 4.90 Å².